The Morgan fingerprint density at radius 2 is 2.29 bits per heavy atom. The number of benzene rings is 1. The van der Waals surface area contributed by atoms with E-state index in [1.807, 2.05) is 25.1 Å². The van der Waals surface area contributed by atoms with Gasteiger partial charge in [-0.15, -0.1) is 0 Å². The van der Waals surface area contributed by atoms with E-state index in [4.69, 9.17) is 16.3 Å². The molecule has 1 amide bonds. The van der Waals surface area contributed by atoms with Gasteiger partial charge in [-0.05, 0) is 36.5 Å². The molecule has 5 heteroatoms. The van der Waals surface area contributed by atoms with E-state index >= 15 is 0 Å². The Balaban J connectivity index is 1.88. The van der Waals surface area contributed by atoms with Crippen molar-refractivity contribution in [2.75, 3.05) is 20.2 Å². The molecule has 1 saturated heterocycles. The van der Waals surface area contributed by atoms with Gasteiger partial charge in [0.05, 0.1) is 18.2 Å². The minimum Gasteiger partial charge on any atom is -0.495 e. The van der Waals surface area contributed by atoms with Crippen molar-refractivity contribution in [1.82, 2.24) is 4.90 Å². The molecular formula is C16H22ClNO3. The largest absolute Gasteiger partial charge is 0.495 e. The normalized spacial score (nSPS) is 22.2. The molecule has 116 valence electrons. The highest BCUT2D eigenvalue weighted by Gasteiger charge is 2.26. The van der Waals surface area contributed by atoms with Crippen LogP contribution in [0.5, 0.6) is 5.75 Å². The third-order valence-corrected chi connectivity index (χ3v) is 4.41. The number of amides is 1. The summed E-state index contributed by atoms with van der Waals surface area (Å²) < 4.78 is 5.11. The highest BCUT2D eigenvalue weighted by Crippen LogP contribution is 2.25. The zero-order valence-electron chi connectivity index (χ0n) is 12.5. The molecule has 1 aromatic carbocycles. The summed E-state index contributed by atoms with van der Waals surface area (Å²) in [5, 5.41) is 10.4. The van der Waals surface area contributed by atoms with E-state index < -0.39 is 6.10 Å². The van der Waals surface area contributed by atoms with Gasteiger partial charge in [-0.2, -0.15) is 0 Å². The van der Waals surface area contributed by atoms with Gasteiger partial charge in [0.15, 0.2) is 0 Å². The van der Waals surface area contributed by atoms with Gasteiger partial charge in [-0.25, -0.2) is 0 Å². The number of aliphatic hydroxyl groups is 1. The van der Waals surface area contributed by atoms with Crippen LogP contribution in [-0.4, -0.2) is 42.2 Å². The maximum absolute atomic E-state index is 12.2. The summed E-state index contributed by atoms with van der Waals surface area (Å²) in [6, 6.07) is 5.57. The van der Waals surface area contributed by atoms with Crippen LogP contribution in [0, 0.1) is 5.92 Å². The molecule has 2 unspecified atom stereocenters. The van der Waals surface area contributed by atoms with E-state index in [0.29, 0.717) is 30.2 Å². The Bertz CT molecular complexity index is 506. The van der Waals surface area contributed by atoms with Crippen LogP contribution in [0.15, 0.2) is 18.2 Å². The molecule has 1 N–H and O–H groups in total. The minimum absolute atomic E-state index is 0.0906. The Morgan fingerprint density at radius 1 is 1.52 bits per heavy atom. The predicted molar refractivity (Wildman–Crippen MR) is 82.7 cm³/mol. The smallest absolute Gasteiger partial charge is 0.222 e. The van der Waals surface area contributed by atoms with Gasteiger partial charge in [0.2, 0.25) is 5.91 Å². The molecular weight excluding hydrogens is 290 g/mol. The third kappa shape index (κ3) is 4.11. The zero-order valence-corrected chi connectivity index (χ0v) is 13.3. The molecule has 1 aliphatic heterocycles. The Kier molecular flexibility index (Phi) is 5.48. The molecule has 2 rings (SSSR count). The van der Waals surface area contributed by atoms with E-state index in [1.165, 1.54) is 0 Å². The SMILES string of the molecule is COc1ccc(CCC(=O)N2CCC(C)C(O)C2)cc1Cl. The molecule has 0 radical (unpaired) electrons. The molecule has 21 heavy (non-hydrogen) atoms. The van der Waals surface area contributed by atoms with Crippen molar-refractivity contribution in [3.05, 3.63) is 28.8 Å². The van der Waals surface area contributed by atoms with Crippen molar-refractivity contribution in [3.63, 3.8) is 0 Å². The van der Waals surface area contributed by atoms with Gasteiger partial charge in [-0.1, -0.05) is 24.6 Å². The number of β-amino-alcohol motifs (C(OH)–C–C–N with tert-alkyl or cyclic N) is 1. The molecule has 0 bridgehead atoms. The molecule has 0 spiro atoms. The highest BCUT2D eigenvalue weighted by atomic mass is 35.5. The van der Waals surface area contributed by atoms with E-state index in [1.54, 1.807) is 12.0 Å². The van der Waals surface area contributed by atoms with Gasteiger partial charge >= 0.3 is 0 Å². The first-order chi connectivity index (χ1) is 10.0. The number of methoxy groups -OCH3 is 1. The molecule has 0 aromatic heterocycles. The number of halogens is 1. The molecule has 2 atom stereocenters. The molecule has 0 saturated carbocycles. The summed E-state index contributed by atoms with van der Waals surface area (Å²) in [6.07, 6.45) is 1.54. The number of carbonyl (C=O) groups excluding carboxylic acids is 1. The summed E-state index contributed by atoms with van der Waals surface area (Å²) >= 11 is 6.08. The topological polar surface area (TPSA) is 49.8 Å². The van der Waals surface area contributed by atoms with Gasteiger partial charge in [0.25, 0.3) is 0 Å². The second-order valence-electron chi connectivity index (χ2n) is 5.64. The van der Waals surface area contributed by atoms with Crippen LogP contribution in [0.2, 0.25) is 5.02 Å². The minimum atomic E-state index is -0.405. The number of ether oxygens (including phenoxy) is 1. The van der Waals surface area contributed by atoms with Crippen LogP contribution in [-0.2, 0) is 11.2 Å². The summed E-state index contributed by atoms with van der Waals surface area (Å²) in [5.41, 5.74) is 1.01. The van der Waals surface area contributed by atoms with Crippen molar-refractivity contribution >= 4 is 17.5 Å². The van der Waals surface area contributed by atoms with Crippen LogP contribution in [0.1, 0.15) is 25.3 Å². The highest BCUT2D eigenvalue weighted by molar-refractivity contribution is 6.32. The van der Waals surface area contributed by atoms with Crippen molar-refractivity contribution in [3.8, 4) is 5.75 Å². The average molecular weight is 312 g/mol. The van der Waals surface area contributed by atoms with Crippen molar-refractivity contribution in [1.29, 1.82) is 0 Å². The lowest BCUT2D eigenvalue weighted by atomic mass is 9.95. The summed E-state index contributed by atoms with van der Waals surface area (Å²) in [4.78, 5) is 13.9. The average Bonchev–Trinajstić information content (AvgIpc) is 2.47. The number of hydrogen-bond donors (Lipinski definition) is 1. The Labute approximate surface area is 130 Å². The molecule has 1 aliphatic rings. The lowest BCUT2D eigenvalue weighted by Gasteiger charge is -2.34. The van der Waals surface area contributed by atoms with Crippen LogP contribution in [0.4, 0.5) is 0 Å². The fourth-order valence-corrected chi connectivity index (χ4v) is 2.83. The number of aryl methyl sites for hydroxylation is 1. The number of carbonyl (C=O) groups is 1. The second kappa shape index (κ2) is 7.14. The first-order valence-electron chi connectivity index (χ1n) is 7.29. The van der Waals surface area contributed by atoms with E-state index in [2.05, 4.69) is 0 Å². The van der Waals surface area contributed by atoms with Gasteiger partial charge in [-0.3, -0.25) is 4.79 Å². The molecule has 4 nitrogen and oxygen atoms in total. The Morgan fingerprint density at radius 3 is 2.90 bits per heavy atom. The third-order valence-electron chi connectivity index (χ3n) is 4.12. The van der Waals surface area contributed by atoms with Crippen molar-refractivity contribution in [2.45, 2.75) is 32.3 Å². The van der Waals surface area contributed by atoms with Crippen LogP contribution < -0.4 is 4.74 Å². The number of rotatable bonds is 4. The molecule has 1 heterocycles. The number of aliphatic hydroxyl groups excluding tert-OH is 1. The number of piperidine rings is 1. The predicted octanol–water partition coefficient (Wildman–Crippen LogP) is 2.51. The van der Waals surface area contributed by atoms with E-state index in [0.717, 1.165) is 18.5 Å². The first-order valence-corrected chi connectivity index (χ1v) is 7.67. The fraction of sp³-hybridized carbons (Fsp3) is 0.562. The van der Waals surface area contributed by atoms with Gasteiger partial charge in [0.1, 0.15) is 5.75 Å². The van der Waals surface area contributed by atoms with Crippen LogP contribution in [0.3, 0.4) is 0 Å². The van der Waals surface area contributed by atoms with Gasteiger partial charge in [0, 0.05) is 19.5 Å². The van der Waals surface area contributed by atoms with E-state index in [9.17, 15) is 9.90 Å². The van der Waals surface area contributed by atoms with Crippen LogP contribution >= 0.6 is 11.6 Å². The number of nitrogens with zero attached hydrogens (tertiary/aromatic N) is 1. The standard InChI is InChI=1S/C16H22ClNO3/c1-11-7-8-18(10-14(11)19)16(20)6-4-12-3-5-15(21-2)13(17)9-12/h3,5,9,11,14,19H,4,6-8,10H2,1-2H3. The summed E-state index contributed by atoms with van der Waals surface area (Å²) in [7, 11) is 1.58. The lowest BCUT2D eigenvalue weighted by Crippen LogP contribution is -2.45. The number of likely N-dealkylation sites (tertiary alicyclic amines) is 1. The number of hydrogen-bond acceptors (Lipinski definition) is 3. The quantitative estimate of drug-likeness (QED) is 0.929. The maximum atomic E-state index is 12.2. The van der Waals surface area contributed by atoms with E-state index in [-0.39, 0.29) is 11.8 Å². The zero-order chi connectivity index (χ0) is 15.4. The fourth-order valence-electron chi connectivity index (χ4n) is 2.55. The molecule has 0 aliphatic carbocycles. The maximum Gasteiger partial charge on any atom is 0.222 e. The lowest BCUT2D eigenvalue weighted by molar-refractivity contribution is -0.135. The van der Waals surface area contributed by atoms with Gasteiger partial charge < -0.3 is 14.7 Å². The summed E-state index contributed by atoms with van der Waals surface area (Å²) in [6.45, 7) is 3.20. The summed E-state index contributed by atoms with van der Waals surface area (Å²) in [5.74, 6) is 1.00. The monoisotopic (exact) mass is 311 g/mol. The van der Waals surface area contributed by atoms with Crippen molar-refractivity contribution in [2.24, 2.45) is 5.92 Å². The van der Waals surface area contributed by atoms with Crippen LogP contribution in [0.25, 0.3) is 0 Å². The first kappa shape index (κ1) is 16.1. The second-order valence-corrected chi connectivity index (χ2v) is 6.05. The van der Waals surface area contributed by atoms with Crippen molar-refractivity contribution < 1.29 is 14.6 Å². The molecule has 1 fully saturated rings. The Hall–Kier alpha value is -1.26. The molecule has 1 aromatic rings.